The average Bonchev–Trinajstić information content (AvgIpc) is 2.65. The predicted molar refractivity (Wildman–Crippen MR) is 53.9 cm³/mol. The quantitative estimate of drug-likeness (QED) is 0.829. The third-order valence-corrected chi connectivity index (χ3v) is 1.95. The number of phenolic OH excluding ortho intramolecular Hbond substituents is 1. The summed E-state index contributed by atoms with van der Waals surface area (Å²) in [5.74, 6) is 0.702. The molecule has 5 nitrogen and oxygen atoms in total. The van der Waals surface area contributed by atoms with Crippen LogP contribution in [-0.2, 0) is 6.54 Å². The Bertz CT molecular complexity index is 453. The highest BCUT2D eigenvalue weighted by Crippen LogP contribution is 2.22. The zero-order chi connectivity index (χ0) is 10.7. The highest BCUT2D eigenvalue weighted by molar-refractivity contribution is 5.33. The van der Waals surface area contributed by atoms with Gasteiger partial charge in [-0.15, -0.1) is 5.10 Å². The third kappa shape index (κ3) is 2.07. The summed E-state index contributed by atoms with van der Waals surface area (Å²) >= 11 is 0. The monoisotopic (exact) mass is 205 g/mol. The van der Waals surface area contributed by atoms with E-state index in [4.69, 9.17) is 4.74 Å². The fourth-order valence-corrected chi connectivity index (χ4v) is 1.19. The van der Waals surface area contributed by atoms with Crippen molar-refractivity contribution in [2.75, 3.05) is 0 Å². The van der Waals surface area contributed by atoms with E-state index in [1.54, 1.807) is 29.1 Å². The molecule has 0 saturated heterocycles. The molecule has 2 rings (SSSR count). The molecule has 0 atom stereocenters. The molecule has 0 aliphatic carbocycles. The normalized spacial score (nSPS) is 10.2. The average molecular weight is 205 g/mol. The van der Waals surface area contributed by atoms with Crippen molar-refractivity contribution in [3.63, 3.8) is 0 Å². The van der Waals surface area contributed by atoms with Crippen LogP contribution >= 0.6 is 0 Å². The molecular formula is C10H11N3O2. The van der Waals surface area contributed by atoms with Crippen LogP contribution in [0.25, 0.3) is 0 Å². The van der Waals surface area contributed by atoms with Gasteiger partial charge in [-0.1, -0.05) is 11.2 Å². The second kappa shape index (κ2) is 4.00. The highest BCUT2D eigenvalue weighted by atomic mass is 16.5. The molecule has 5 heteroatoms. The Morgan fingerprint density at radius 3 is 3.07 bits per heavy atom. The Morgan fingerprint density at radius 2 is 2.33 bits per heavy atom. The number of rotatable bonds is 3. The van der Waals surface area contributed by atoms with Gasteiger partial charge in [-0.05, 0) is 19.1 Å². The lowest BCUT2D eigenvalue weighted by Crippen LogP contribution is -1.96. The smallest absolute Gasteiger partial charge is 0.322 e. The molecule has 0 fully saturated rings. The number of hydrogen-bond donors (Lipinski definition) is 1. The summed E-state index contributed by atoms with van der Waals surface area (Å²) < 4.78 is 7.22. The Morgan fingerprint density at radius 1 is 1.47 bits per heavy atom. The Balaban J connectivity index is 2.22. The van der Waals surface area contributed by atoms with Crippen LogP contribution in [0.5, 0.6) is 17.5 Å². The maximum atomic E-state index is 9.25. The van der Waals surface area contributed by atoms with Crippen molar-refractivity contribution < 1.29 is 9.84 Å². The second-order valence-corrected chi connectivity index (χ2v) is 3.00. The molecule has 0 aliphatic rings. The van der Waals surface area contributed by atoms with Gasteiger partial charge in [-0.25, -0.2) is 0 Å². The number of aromatic hydroxyl groups is 1. The molecular weight excluding hydrogens is 194 g/mol. The molecule has 78 valence electrons. The Hall–Kier alpha value is -2.04. The lowest BCUT2D eigenvalue weighted by molar-refractivity contribution is 0.408. The van der Waals surface area contributed by atoms with Crippen molar-refractivity contribution in [3.05, 3.63) is 30.6 Å². The zero-order valence-electron chi connectivity index (χ0n) is 8.29. The van der Waals surface area contributed by atoms with Gasteiger partial charge in [0.15, 0.2) is 0 Å². The van der Waals surface area contributed by atoms with Crippen molar-refractivity contribution in [3.8, 4) is 17.5 Å². The lowest BCUT2D eigenvalue weighted by atomic mass is 10.3. The molecule has 0 amide bonds. The molecule has 1 heterocycles. The topological polar surface area (TPSA) is 60.2 Å². The molecule has 15 heavy (non-hydrogen) atoms. The van der Waals surface area contributed by atoms with Gasteiger partial charge < -0.3 is 9.84 Å². The van der Waals surface area contributed by atoms with Crippen LogP contribution in [-0.4, -0.2) is 19.9 Å². The van der Waals surface area contributed by atoms with Crippen LogP contribution in [0.15, 0.2) is 30.6 Å². The van der Waals surface area contributed by atoms with Crippen LogP contribution in [0.2, 0.25) is 0 Å². The van der Waals surface area contributed by atoms with E-state index in [1.807, 2.05) is 6.92 Å². The summed E-state index contributed by atoms with van der Waals surface area (Å²) in [4.78, 5) is 0. The predicted octanol–water partition coefficient (Wildman–Crippen LogP) is 1.80. The molecule has 0 bridgehead atoms. The van der Waals surface area contributed by atoms with Gasteiger partial charge in [0, 0.05) is 12.6 Å². The van der Waals surface area contributed by atoms with E-state index in [2.05, 4.69) is 10.2 Å². The van der Waals surface area contributed by atoms with Crippen molar-refractivity contribution in [2.45, 2.75) is 13.5 Å². The fraction of sp³-hybridized carbons (Fsp3) is 0.200. The first-order valence-electron chi connectivity index (χ1n) is 4.64. The van der Waals surface area contributed by atoms with E-state index < -0.39 is 0 Å². The van der Waals surface area contributed by atoms with Crippen molar-refractivity contribution >= 4 is 0 Å². The van der Waals surface area contributed by atoms with Gasteiger partial charge in [0.25, 0.3) is 0 Å². The van der Waals surface area contributed by atoms with E-state index in [-0.39, 0.29) is 5.75 Å². The minimum atomic E-state index is 0.162. The number of phenols is 1. The lowest BCUT2D eigenvalue weighted by Gasteiger charge is -2.05. The molecule has 0 spiro atoms. The number of nitrogens with zero attached hydrogens (tertiary/aromatic N) is 3. The van der Waals surface area contributed by atoms with E-state index in [1.165, 1.54) is 6.07 Å². The van der Waals surface area contributed by atoms with Gasteiger partial charge in [0.05, 0.1) is 0 Å². The molecule has 0 aliphatic heterocycles. The van der Waals surface area contributed by atoms with Crippen LogP contribution in [0.3, 0.4) is 0 Å². The number of ether oxygens (including phenoxy) is 1. The summed E-state index contributed by atoms with van der Waals surface area (Å²) in [7, 11) is 0. The summed E-state index contributed by atoms with van der Waals surface area (Å²) in [5, 5.41) is 16.8. The molecule has 1 N–H and O–H groups in total. The van der Waals surface area contributed by atoms with E-state index in [0.717, 1.165) is 6.54 Å². The number of aromatic nitrogens is 3. The summed E-state index contributed by atoms with van der Waals surface area (Å²) in [5.41, 5.74) is 0. The number of aryl methyl sites for hydroxylation is 1. The minimum Gasteiger partial charge on any atom is -0.508 e. The van der Waals surface area contributed by atoms with Crippen molar-refractivity contribution in [1.82, 2.24) is 14.8 Å². The third-order valence-electron chi connectivity index (χ3n) is 1.95. The van der Waals surface area contributed by atoms with Crippen molar-refractivity contribution in [2.24, 2.45) is 0 Å². The van der Waals surface area contributed by atoms with E-state index in [9.17, 15) is 5.11 Å². The van der Waals surface area contributed by atoms with Gasteiger partial charge in [0.2, 0.25) is 0 Å². The first-order chi connectivity index (χ1) is 7.29. The Kier molecular flexibility index (Phi) is 2.53. The maximum absolute atomic E-state index is 9.25. The zero-order valence-corrected chi connectivity index (χ0v) is 8.29. The van der Waals surface area contributed by atoms with Crippen LogP contribution in [0.4, 0.5) is 0 Å². The number of benzene rings is 1. The van der Waals surface area contributed by atoms with E-state index in [0.29, 0.717) is 11.8 Å². The first-order valence-corrected chi connectivity index (χ1v) is 4.64. The minimum absolute atomic E-state index is 0.162. The molecule has 2 aromatic rings. The molecule has 0 saturated carbocycles. The molecule has 1 aromatic heterocycles. The fourth-order valence-electron chi connectivity index (χ4n) is 1.19. The molecule has 0 radical (unpaired) electrons. The first kappa shape index (κ1) is 9.51. The summed E-state index contributed by atoms with van der Waals surface area (Å²) in [6, 6.07) is 6.97. The van der Waals surface area contributed by atoms with Gasteiger partial charge >= 0.3 is 6.01 Å². The molecule has 1 aromatic carbocycles. The SMILES string of the molecule is CCn1cnnc1Oc1cccc(O)c1. The highest BCUT2D eigenvalue weighted by Gasteiger charge is 2.05. The largest absolute Gasteiger partial charge is 0.508 e. The van der Waals surface area contributed by atoms with Crippen LogP contribution in [0.1, 0.15) is 6.92 Å². The Labute approximate surface area is 87.0 Å². The van der Waals surface area contributed by atoms with Gasteiger partial charge in [-0.3, -0.25) is 4.57 Å². The summed E-state index contributed by atoms with van der Waals surface area (Å²) in [6.07, 6.45) is 1.60. The van der Waals surface area contributed by atoms with E-state index >= 15 is 0 Å². The molecule has 0 unspecified atom stereocenters. The van der Waals surface area contributed by atoms with Crippen molar-refractivity contribution in [1.29, 1.82) is 0 Å². The maximum Gasteiger partial charge on any atom is 0.322 e. The van der Waals surface area contributed by atoms with Crippen LogP contribution in [0, 0.1) is 0 Å². The standard InChI is InChI=1S/C10H11N3O2/c1-2-13-7-11-12-10(13)15-9-5-3-4-8(14)6-9/h3-7,14H,2H2,1H3. The van der Waals surface area contributed by atoms with Crippen LogP contribution < -0.4 is 4.74 Å². The second-order valence-electron chi connectivity index (χ2n) is 3.00. The summed E-state index contributed by atoms with van der Waals surface area (Å²) in [6.45, 7) is 2.71. The van der Waals surface area contributed by atoms with Gasteiger partial charge in [-0.2, -0.15) is 0 Å². The van der Waals surface area contributed by atoms with Gasteiger partial charge in [0.1, 0.15) is 17.8 Å². The number of hydrogen-bond acceptors (Lipinski definition) is 4.